The topological polar surface area (TPSA) is 60.9 Å². The summed E-state index contributed by atoms with van der Waals surface area (Å²) >= 11 is 0. The lowest BCUT2D eigenvalue weighted by Crippen LogP contribution is -2.58. The van der Waals surface area contributed by atoms with Crippen LogP contribution in [-0.4, -0.2) is 52.1 Å². The first-order valence-corrected chi connectivity index (χ1v) is 5.73. The van der Waals surface area contributed by atoms with Gasteiger partial charge in [0.25, 0.3) is 0 Å². The maximum atomic E-state index is 12.2. The number of likely N-dealkylation sites (N-methyl/N-ethyl adjacent to an activating group) is 1. The maximum Gasteiger partial charge on any atom is 0.329 e. The normalized spacial score (nSPS) is 12.2. The number of carbonyl (C=O) groups excluding carboxylic acids is 1. The maximum absolute atomic E-state index is 12.2. The number of aliphatic carboxylic acids is 1. The van der Waals surface area contributed by atoms with Crippen molar-refractivity contribution >= 4 is 12.0 Å². The monoisotopic (exact) mass is 244 g/mol. The Morgan fingerprint density at radius 3 is 1.76 bits per heavy atom. The highest BCUT2D eigenvalue weighted by molar-refractivity contribution is 5.85. The number of carbonyl (C=O) groups is 2. The van der Waals surface area contributed by atoms with Crippen LogP contribution in [0, 0.1) is 0 Å². The largest absolute Gasteiger partial charge is 0.480 e. The van der Waals surface area contributed by atoms with Gasteiger partial charge in [0, 0.05) is 19.6 Å². The molecular formula is C12H24N2O3. The Balaban J connectivity index is 5.02. The van der Waals surface area contributed by atoms with Crippen LogP contribution in [0.4, 0.5) is 4.79 Å². The van der Waals surface area contributed by atoms with Crippen molar-refractivity contribution in [1.82, 2.24) is 9.80 Å². The summed E-state index contributed by atoms with van der Waals surface area (Å²) in [5, 5.41) is 9.09. The minimum Gasteiger partial charge on any atom is -0.480 e. The van der Waals surface area contributed by atoms with Gasteiger partial charge in [-0.3, -0.25) is 0 Å². The minimum atomic E-state index is -1.21. The Bertz CT molecular complexity index is 311. The molecule has 5 heteroatoms. The number of hydrogen-bond donors (Lipinski definition) is 1. The van der Waals surface area contributed by atoms with E-state index in [1.807, 2.05) is 20.8 Å². The average molecular weight is 244 g/mol. The Morgan fingerprint density at radius 2 is 1.47 bits per heavy atom. The van der Waals surface area contributed by atoms with Crippen LogP contribution >= 0.6 is 0 Å². The van der Waals surface area contributed by atoms with Gasteiger partial charge in [0.1, 0.15) is 5.54 Å². The molecule has 0 spiro atoms. The first-order chi connectivity index (χ1) is 7.48. The van der Waals surface area contributed by atoms with Gasteiger partial charge >= 0.3 is 12.0 Å². The van der Waals surface area contributed by atoms with Crippen molar-refractivity contribution in [3.63, 3.8) is 0 Å². The number of rotatable bonds is 4. The summed E-state index contributed by atoms with van der Waals surface area (Å²) in [5.41, 5.74) is -1.50. The third kappa shape index (κ3) is 3.11. The zero-order valence-corrected chi connectivity index (χ0v) is 11.9. The number of amides is 2. The number of carboxylic acids is 1. The third-order valence-corrected chi connectivity index (χ3v) is 3.71. The summed E-state index contributed by atoms with van der Waals surface area (Å²) in [6.45, 7) is 8.92. The van der Waals surface area contributed by atoms with Gasteiger partial charge in [-0.2, -0.15) is 0 Å². The fraction of sp³-hybridized carbons (Fsp3) is 0.833. The molecule has 0 bridgehead atoms. The van der Waals surface area contributed by atoms with E-state index in [9.17, 15) is 9.59 Å². The number of carboxylic acid groups (broad SMARTS) is 1. The van der Waals surface area contributed by atoms with Crippen molar-refractivity contribution in [2.45, 2.75) is 52.1 Å². The van der Waals surface area contributed by atoms with E-state index in [0.717, 1.165) is 6.42 Å². The highest BCUT2D eigenvalue weighted by atomic mass is 16.4. The van der Waals surface area contributed by atoms with E-state index in [-0.39, 0.29) is 11.6 Å². The molecule has 0 atom stereocenters. The van der Waals surface area contributed by atoms with Crippen LogP contribution in [0.25, 0.3) is 0 Å². The van der Waals surface area contributed by atoms with Gasteiger partial charge in [0.2, 0.25) is 0 Å². The second-order valence-electron chi connectivity index (χ2n) is 5.43. The molecule has 0 aliphatic heterocycles. The van der Waals surface area contributed by atoms with Crippen molar-refractivity contribution in [2.75, 3.05) is 14.1 Å². The van der Waals surface area contributed by atoms with E-state index in [2.05, 4.69) is 0 Å². The van der Waals surface area contributed by atoms with Crippen molar-refractivity contribution < 1.29 is 14.7 Å². The predicted molar refractivity (Wildman–Crippen MR) is 67.0 cm³/mol. The van der Waals surface area contributed by atoms with E-state index in [0.29, 0.717) is 0 Å². The summed E-state index contributed by atoms with van der Waals surface area (Å²) in [5.74, 6) is -1.02. The van der Waals surface area contributed by atoms with Gasteiger partial charge < -0.3 is 14.9 Å². The molecule has 0 aromatic heterocycles. The third-order valence-electron chi connectivity index (χ3n) is 3.71. The lowest BCUT2D eigenvalue weighted by molar-refractivity contribution is -0.147. The predicted octanol–water partition coefficient (Wildman–Crippen LogP) is 2.02. The SMILES string of the molecule is CCC(C)(C)N(C)C(=O)N(C)C(C)(C)C(=O)O. The highest BCUT2D eigenvalue weighted by Crippen LogP contribution is 2.21. The van der Waals surface area contributed by atoms with Crippen molar-refractivity contribution in [3.05, 3.63) is 0 Å². The molecule has 0 aromatic carbocycles. The summed E-state index contributed by atoms with van der Waals surface area (Å²) in [6, 6.07) is -0.288. The van der Waals surface area contributed by atoms with Gasteiger partial charge in [-0.15, -0.1) is 0 Å². The molecule has 2 amide bonds. The van der Waals surface area contributed by atoms with E-state index < -0.39 is 11.5 Å². The first-order valence-electron chi connectivity index (χ1n) is 5.73. The molecule has 0 rings (SSSR count). The Kier molecular flexibility index (Phi) is 4.57. The van der Waals surface area contributed by atoms with E-state index in [4.69, 9.17) is 5.11 Å². The van der Waals surface area contributed by atoms with Gasteiger partial charge in [-0.1, -0.05) is 6.92 Å². The molecule has 0 aliphatic carbocycles. The lowest BCUT2D eigenvalue weighted by Gasteiger charge is -2.41. The average Bonchev–Trinajstić information content (AvgIpc) is 2.25. The molecule has 1 N–H and O–H groups in total. The van der Waals surface area contributed by atoms with E-state index in [1.54, 1.807) is 11.9 Å². The van der Waals surface area contributed by atoms with Gasteiger partial charge in [-0.05, 0) is 34.1 Å². The Hall–Kier alpha value is -1.26. The highest BCUT2D eigenvalue weighted by Gasteiger charge is 2.38. The molecule has 0 aromatic rings. The molecule has 0 fully saturated rings. The van der Waals surface area contributed by atoms with Crippen molar-refractivity contribution in [3.8, 4) is 0 Å². The second kappa shape index (κ2) is 4.94. The molecule has 0 saturated carbocycles. The molecule has 5 nitrogen and oxygen atoms in total. The molecule has 17 heavy (non-hydrogen) atoms. The fourth-order valence-electron chi connectivity index (χ4n) is 1.10. The Labute approximate surface area is 103 Å². The molecule has 0 heterocycles. The molecule has 0 radical (unpaired) electrons. The first kappa shape index (κ1) is 15.7. The van der Waals surface area contributed by atoms with Gasteiger partial charge in [0.15, 0.2) is 0 Å². The van der Waals surface area contributed by atoms with Gasteiger partial charge in [-0.25, -0.2) is 9.59 Å². The van der Waals surface area contributed by atoms with E-state index >= 15 is 0 Å². The molecule has 0 saturated heterocycles. The van der Waals surface area contributed by atoms with Crippen LogP contribution in [0.15, 0.2) is 0 Å². The van der Waals surface area contributed by atoms with Crippen LogP contribution in [0.2, 0.25) is 0 Å². The van der Waals surface area contributed by atoms with Crippen LogP contribution in [0.1, 0.15) is 41.0 Å². The lowest BCUT2D eigenvalue weighted by atomic mass is 9.99. The van der Waals surface area contributed by atoms with Crippen LogP contribution in [0.5, 0.6) is 0 Å². The summed E-state index contributed by atoms with van der Waals surface area (Å²) in [4.78, 5) is 26.1. The number of hydrogen-bond acceptors (Lipinski definition) is 2. The Morgan fingerprint density at radius 1 is 1.06 bits per heavy atom. The smallest absolute Gasteiger partial charge is 0.329 e. The second-order valence-corrected chi connectivity index (χ2v) is 5.43. The van der Waals surface area contributed by atoms with Crippen LogP contribution in [-0.2, 0) is 4.79 Å². The zero-order valence-electron chi connectivity index (χ0n) is 11.9. The quantitative estimate of drug-likeness (QED) is 0.823. The molecular weight excluding hydrogens is 220 g/mol. The van der Waals surface area contributed by atoms with Gasteiger partial charge in [0.05, 0.1) is 0 Å². The molecule has 0 aliphatic rings. The van der Waals surface area contributed by atoms with Crippen LogP contribution in [0.3, 0.4) is 0 Å². The minimum absolute atomic E-state index is 0.288. The van der Waals surface area contributed by atoms with Crippen molar-refractivity contribution in [2.24, 2.45) is 0 Å². The summed E-state index contributed by atoms with van der Waals surface area (Å²) in [7, 11) is 3.21. The van der Waals surface area contributed by atoms with E-state index in [1.165, 1.54) is 25.8 Å². The number of urea groups is 1. The number of nitrogens with zero attached hydrogens (tertiary/aromatic N) is 2. The summed E-state index contributed by atoms with van der Waals surface area (Å²) < 4.78 is 0. The standard InChI is InChI=1S/C12H24N2O3/c1-8-11(2,3)13(6)10(17)14(7)12(4,5)9(15)16/h8H2,1-7H3,(H,15,16). The fourth-order valence-corrected chi connectivity index (χ4v) is 1.10. The molecule has 100 valence electrons. The van der Waals surface area contributed by atoms with Crippen LogP contribution < -0.4 is 0 Å². The summed E-state index contributed by atoms with van der Waals surface area (Å²) in [6.07, 6.45) is 0.802. The zero-order chi connectivity index (χ0) is 14.0. The van der Waals surface area contributed by atoms with Crippen molar-refractivity contribution in [1.29, 1.82) is 0 Å². The molecule has 0 unspecified atom stereocenters.